The van der Waals surface area contributed by atoms with Crippen LogP contribution in [0.1, 0.15) is 36.2 Å². The number of hydrogen-bond acceptors (Lipinski definition) is 6. The molecule has 4 rings (SSSR count). The highest BCUT2D eigenvalue weighted by molar-refractivity contribution is 6.10. The fraction of sp³-hybridized carbons (Fsp3) is 0.238. The molecule has 1 aliphatic rings. The summed E-state index contributed by atoms with van der Waals surface area (Å²) in [6.07, 6.45) is 5.75. The first kappa shape index (κ1) is 18.7. The molecule has 29 heavy (non-hydrogen) atoms. The second kappa shape index (κ2) is 6.73. The topological polar surface area (TPSA) is 133 Å². The number of primary amides is 1. The Morgan fingerprint density at radius 1 is 1.21 bits per heavy atom. The fourth-order valence-electron chi connectivity index (χ4n) is 3.73. The molecule has 0 saturated heterocycles. The van der Waals surface area contributed by atoms with E-state index in [0.717, 1.165) is 11.3 Å². The van der Waals surface area contributed by atoms with Crippen LogP contribution in [0.3, 0.4) is 0 Å². The standard InChI is InChI=1S/C21H22N6O2/c1-10-4-6-13(24-8-10)14-9-25-21-17(26-14)16(20(23)29)19(22)27(21)18-11(2)5-7-15(28)12(18)3/h4,6-9,11,28H,5,22H2,1-3H3,(H2,23,29). The van der Waals surface area contributed by atoms with Gasteiger partial charge in [-0.1, -0.05) is 13.0 Å². The molecule has 148 valence electrons. The fourth-order valence-corrected chi connectivity index (χ4v) is 3.73. The third kappa shape index (κ3) is 2.93. The highest BCUT2D eigenvalue weighted by Gasteiger charge is 2.29. The normalized spacial score (nSPS) is 16.9. The Balaban J connectivity index is 2.01. The Labute approximate surface area is 167 Å². The molecule has 0 radical (unpaired) electrons. The van der Waals surface area contributed by atoms with E-state index in [-0.39, 0.29) is 23.1 Å². The number of carbonyl (C=O) groups excluding carboxylic acids is 1. The number of aliphatic hydroxyl groups is 1. The van der Waals surface area contributed by atoms with E-state index < -0.39 is 5.91 Å². The van der Waals surface area contributed by atoms with Crippen LogP contribution in [0.4, 0.5) is 5.82 Å². The monoisotopic (exact) mass is 390 g/mol. The molecule has 8 nitrogen and oxygen atoms in total. The van der Waals surface area contributed by atoms with Crippen LogP contribution in [0.2, 0.25) is 0 Å². The van der Waals surface area contributed by atoms with Crippen LogP contribution in [0.15, 0.2) is 41.9 Å². The van der Waals surface area contributed by atoms with Crippen LogP contribution in [0, 0.1) is 12.8 Å². The molecule has 8 heteroatoms. The largest absolute Gasteiger partial charge is 0.508 e. The van der Waals surface area contributed by atoms with E-state index in [1.165, 1.54) is 0 Å². The Bertz CT molecular complexity index is 1200. The highest BCUT2D eigenvalue weighted by atomic mass is 16.3. The molecule has 5 N–H and O–H groups in total. The lowest BCUT2D eigenvalue weighted by Gasteiger charge is -2.24. The van der Waals surface area contributed by atoms with Crippen molar-refractivity contribution < 1.29 is 9.90 Å². The number of pyridine rings is 1. The summed E-state index contributed by atoms with van der Waals surface area (Å²) in [5, 5.41) is 10.2. The van der Waals surface area contributed by atoms with E-state index in [0.29, 0.717) is 34.5 Å². The number of carbonyl (C=O) groups is 1. The van der Waals surface area contributed by atoms with Gasteiger partial charge in [0.05, 0.1) is 11.9 Å². The average molecular weight is 390 g/mol. The Kier molecular flexibility index (Phi) is 4.34. The molecule has 0 aromatic carbocycles. The number of aliphatic hydroxyl groups excluding tert-OH is 1. The minimum Gasteiger partial charge on any atom is -0.508 e. The van der Waals surface area contributed by atoms with Gasteiger partial charge < -0.3 is 16.6 Å². The zero-order valence-electron chi connectivity index (χ0n) is 16.5. The predicted molar refractivity (Wildman–Crippen MR) is 112 cm³/mol. The maximum Gasteiger partial charge on any atom is 0.254 e. The van der Waals surface area contributed by atoms with E-state index in [1.54, 1.807) is 23.0 Å². The van der Waals surface area contributed by atoms with Crippen LogP contribution in [-0.4, -0.2) is 30.5 Å². The van der Waals surface area contributed by atoms with Crippen LogP contribution >= 0.6 is 0 Å². The summed E-state index contributed by atoms with van der Waals surface area (Å²) in [6.45, 7) is 5.78. The average Bonchev–Trinajstić information content (AvgIpc) is 2.97. The summed E-state index contributed by atoms with van der Waals surface area (Å²) in [7, 11) is 0. The minimum absolute atomic E-state index is 0.0600. The first-order chi connectivity index (χ1) is 13.8. The summed E-state index contributed by atoms with van der Waals surface area (Å²) in [4.78, 5) is 25.8. The SMILES string of the molecule is CC1=C(n2c(N)c(C(N)=O)c3nc(-c4ccc(C)cn4)cnc32)C(C)CC=C1O. The van der Waals surface area contributed by atoms with Gasteiger partial charge in [0, 0.05) is 23.4 Å². The number of aryl methyl sites for hydroxylation is 1. The smallest absolute Gasteiger partial charge is 0.254 e. The van der Waals surface area contributed by atoms with Crippen molar-refractivity contribution in [3.05, 3.63) is 53.1 Å². The van der Waals surface area contributed by atoms with E-state index >= 15 is 0 Å². The van der Waals surface area contributed by atoms with E-state index in [1.807, 2.05) is 32.9 Å². The van der Waals surface area contributed by atoms with Gasteiger partial charge >= 0.3 is 0 Å². The number of aromatic nitrogens is 4. The van der Waals surface area contributed by atoms with Crippen LogP contribution in [-0.2, 0) is 0 Å². The number of hydrogen-bond donors (Lipinski definition) is 3. The van der Waals surface area contributed by atoms with Gasteiger partial charge in [0.2, 0.25) is 0 Å². The Morgan fingerprint density at radius 2 is 1.97 bits per heavy atom. The van der Waals surface area contributed by atoms with Crippen LogP contribution < -0.4 is 11.5 Å². The molecule has 0 aliphatic heterocycles. The maximum atomic E-state index is 12.2. The molecular weight excluding hydrogens is 368 g/mol. The van der Waals surface area contributed by atoms with E-state index in [9.17, 15) is 9.90 Å². The molecule has 0 spiro atoms. The van der Waals surface area contributed by atoms with Gasteiger partial charge in [-0.15, -0.1) is 0 Å². The number of fused-ring (bicyclic) bond motifs is 1. The molecule has 3 aromatic heterocycles. The summed E-state index contributed by atoms with van der Waals surface area (Å²) in [5.74, 6) is -0.272. The van der Waals surface area contributed by atoms with Crippen molar-refractivity contribution in [3.8, 4) is 11.4 Å². The lowest BCUT2D eigenvalue weighted by molar-refractivity contribution is 0.100. The van der Waals surface area contributed by atoms with Crippen molar-refractivity contribution in [2.24, 2.45) is 11.7 Å². The molecule has 3 heterocycles. The van der Waals surface area contributed by atoms with Crippen molar-refractivity contribution in [1.29, 1.82) is 0 Å². The quantitative estimate of drug-likeness (QED) is 0.629. The second-order valence-electron chi connectivity index (χ2n) is 7.34. The van der Waals surface area contributed by atoms with Crippen LogP contribution in [0.25, 0.3) is 28.2 Å². The van der Waals surface area contributed by atoms with Crippen molar-refractivity contribution in [1.82, 2.24) is 19.5 Å². The summed E-state index contributed by atoms with van der Waals surface area (Å²) >= 11 is 0. The third-order valence-electron chi connectivity index (χ3n) is 5.26. The summed E-state index contributed by atoms with van der Waals surface area (Å²) in [5.41, 5.74) is 16.5. The number of nitrogens with zero attached hydrogens (tertiary/aromatic N) is 4. The molecule has 0 bridgehead atoms. The zero-order chi connectivity index (χ0) is 20.9. The molecule has 1 amide bonds. The van der Waals surface area contributed by atoms with Crippen LogP contribution in [0.5, 0.6) is 0 Å². The third-order valence-corrected chi connectivity index (χ3v) is 5.26. The number of allylic oxidation sites excluding steroid dienone is 3. The lowest BCUT2D eigenvalue weighted by atomic mass is 9.93. The van der Waals surface area contributed by atoms with Gasteiger partial charge in [0.1, 0.15) is 28.4 Å². The first-order valence-electron chi connectivity index (χ1n) is 9.30. The molecule has 1 aliphatic carbocycles. The second-order valence-corrected chi connectivity index (χ2v) is 7.34. The maximum absolute atomic E-state index is 12.2. The van der Waals surface area contributed by atoms with Gasteiger partial charge in [0.25, 0.3) is 5.91 Å². The highest BCUT2D eigenvalue weighted by Crippen LogP contribution is 2.38. The van der Waals surface area contributed by atoms with Gasteiger partial charge in [-0.3, -0.25) is 14.3 Å². The first-order valence-corrected chi connectivity index (χ1v) is 9.30. The van der Waals surface area contributed by atoms with Gasteiger partial charge in [-0.05, 0) is 38.0 Å². The molecular formula is C21H22N6O2. The molecule has 1 atom stereocenters. The molecule has 0 fully saturated rings. The van der Waals surface area contributed by atoms with Crippen molar-refractivity contribution in [2.45, 2.75) is 27.2 Å². The Hall–Kier alpha value is -3.68. The minimum atomic E-state index is -0.684. The van der Waals surface area contributed by atoms with Crippen molar-refractivity contribution in [3.63, 3.8) is 0 Å². The zero-order valence-corrected chi connectivity index (χ0v) is 16.5. The van der Waals surface area contributed by atoms with Gasteiger partial charge in [-0.2, -0.15) is 0 Å². The number of amides is 1. The lowest BCUT2D eigenvalue weighted by Crippen LogP contribution is -2.17. The van der Waals surface area contributed by atoms with Gasteiger partial charge in [-0.25, -0.2) is 9.97 Å². The number of rotatable bonds is 3. The number of nitrogen functional groups attached to an aromatic ring is 1. The number of anilines is 1. The molecule has 0 saturated carbocycles. The predicted octanol–water partition coefficient (Wildman–Crippen LogP) is 3.20. The molecule has 3 aromatic rings. The molecule has 1 unspecified atom stereocenters. The van der Waals surface area contributed by atoms with E-state index in [4.69, 9.17) is 11.5 Å². The number of nitrogens with two attached hydrogens (primary N) is 2. The summed E-state index contributed by atoms with van der Waals surface area (Å²) in [6, 6.07) is 3.77. The Morgan fingerprint density at radius 3 is 2.62 bits per heavy atom. The van der Waals surface area contributed by atoms with E-state index in [2.05, 4.69) is 15.0 Å². The van der Waals surface area contributed by atoms with Crippen molar-refractivity contribution >= 4 is 28.6 Å². The van der Waals surface area contributed by atoms with Gasteiger partial charge in [0.15, 0.2) is 5.65 Å². The summed E-state index contributed by atoms with van der Waals surface area (Å²) < 4.78 is 1.68. The van der Waals surface area contributed by atoms with Crippen molar-refractivity contribution in [2.75, 3.05) is 5.73 Å².